The normalized spacial score (nSPS) is 16.2. The van der Waals surface area contributed by atoms with E-state index < -0.39 is 91.2 Å². The number of aromatic amines is 3. The van der Waals surface area contributed by atoms with Crippen molar-refractivity contribution in [3.05, 3.63) is 111 Å². The number of aliphatic carboxylic acids is 2. The van der Waals surface area contributed by atoms with E-state index in [2.05, 4.69) is 46.5 Å². The summed E-state index contributed by atoms with van der Waals surface area (Å²) in [6.07, 6.45) is 2.94. The Bertz CT molecular complexity index is 3280. The maximum Gasteiger partial charge on any atom is 0.327 e. The standard InChI is InChI=1S/C43H25BrF6N6O4S2/c44-16-3-1-15(2-4-16)27-19-9-11-23(53-19)28(30-32(45)36(49)40-38(34(30)47)55-25(13-61-40)42(57)58)21-7-5-17(51-21)18-6-8-22(52-18)29(24-12-10-20(27)54-24)31-33(46)37(50)41-39(35(31)48)56-26(14-62-41)43(59)60/h1-12,25-26,51,53-56H,13-14H2,(H,57,58)(H,59,60). The molecule has 7 N–H and O–H groups in total. The molecule has 7 aromatic rings. The number of rotatable bonds is 5. The molecule has 10 nitrogen and oxygen atoms in total. The molecule has 4 aromatic heterocycles. The predicted octanol–water partition coefficient (Wildman–Crippen LogP) is 11.2. The summed E-state index contributed by atoms with van der Waals surface area (Å²) in [4.78, 5) is 37.2. The molecule has 2 unspecified atom stereocenters. The van der Waals surface area contributed by atoms with Gasteiger partial charge in [0.1, 0.15) is 12.1 Å². The van der Waals surface area contributed by atoms with Gasteiger partial charge in [-0.2, -0.15) is 0 Å². The summed E-state index contributed by atoms with van der Waals surface area (Å²) in [5.74, 6) is -11.3. The first kappa shape index (κ1) is 39.8. The third-order valence-electron chi connectivity index (χ3n) is 10.8. The summed E-state index contributed by atoms with van der Waals surface area (Å²) in [7, 11) is 0. The number of H-pyrrole nitrogens is 3. The first-order chi connectivity index (χ1) is 29.8. The predicted molar refractivity (Wildman–Crippen MR) is 230 cm³/mol. The lowest BCUT2D eigenvalue weighted by Crippen LogP contribution is -2.35. The molecule has 19 heteroatoms. The van der Waals surface area contributed by atoms with Gasteiger partial charge in [0.05, 0.1) is 49.2 Å². The molecular weight excluding hydrogens is 923 g/mol. The zero-order chi connectivity index (χ0) is 43.3. The van der Waals surface area contributed by atoms with Crippen LogP contribution in [0.5, 0.6) is 0 Å². The van der Waals surface area contributed by atoms with Gasteiger partial charge in [-0.3, -0.25) is 0 Å². The Morgan fingerprint density at radius 1 is 0.532 bits per heavy atom. The maximum atomic E-state index is 16.9. The van der Waals surface area contributed by atoms with Crippen LogP contribution in [-0.4, -0.2) is 65.7 Å². The van der Waals surface area contributed by atoms with Gasteiger partial charge in [0.25, 0.3) is 0 Å². The number of fused-ring (bicyclic) bond motifs is 11. The number of nitrogens with zero attached hydrogens (tertiary/aromatic N) is 1. The van der Waals surface area contributed by atoms with Gasteiger partial charge in [-0.1, -0.05) is 28.1 Å². The highest BCUT2D eigenvalue weighted by molar-refractivity contribution is 9.10. The quantitative estimate of drug-likeness (QED) is 0.0659. The van der Waals surface area contributed by atoms with Crippen LogP contribution in [0.2, 0.25) is 0 Å². The van der Waals surface area contributed by atoms with Crippen molar-refractivity contribution in [2.24, 2.45) is 0 Å². The topological polar surface area (TPSA) is 159 Å². The van der Waals surface area contributed by atoms with Crippen LogP contribution in [-0.2, 0) is 9.59 Å². The molecule has 62 heavy (non-hydrogen) atoms. The number of carbonyl (C=O) groups is 2. The number of halogens is 7. The van der Waals surface area contributed by atoms with Crippen molar-refractivity contribution >= 4 is 108 Å². The number of thioether (sulfide) groups is 2. The number of aromatic nitrogens is 4. The summed E-state index contributed by atoms with van der Waals surface area (Å²) in [6.45, 7) is 0. The maximum absolute atomic E-state index is 16.9. The fourth-order valence-electron chi connectivity index (χ4n) is 7.88. The van der Waals surface area contributed by atoms with Crippen LogP contribution in [0.25, 0.3) is 78.6 Å². The smallest absolute Gasteiger partial charge is 0.327 e. The van der Waals surface area contributed by atoms with Crippen LogP contribution in [0.15, 0.2) is 74.9 Å². The van der Waals surface area contributed by atoms with Gasteiger partial charge in [-0.15, -0.1) is 23.5 Å². The lowest BCUT2D eigenvalue weighted by Gasteiger charge is -2.26. The van der Waals surface area contributed by atoms with Crippen molar-refractivity contribution in [1.82, 2.24) is 19.9 Å². The molecule has 0 saturated heterocycles. The van der Waals surface area contributed by atoms with Gasteiger partial charge in [0, 0.05) is 60.3 Å². The summed E-state index contributed by atoms with van der Waals surface area (Å²) in [5.41, 5.74) is -0.602. The highest BCUT2D eigenvalue weighted by Crippen LogP contribution is 2.47. The molecule has 7 heterocycles. The molecular formula is C43H25BrF6N6O4S2. The molecule has 312 valence electrons. The van der Waals surface area contributed by atoms with Crippen molar-refractivity contribution in [1.29, 1.82) is 0 Å². The Morgan fingerprint density at radius 2 is 0.952 bits per heavy atom. The van der Waals surface area contributed by atoms with Crippen LogP contribution in [0, 0.1) is 34.9 Å². The zero-order valence-corrected chi connectivity index (χ0v) is 34.3. The number of carboxylic acid groups (broad SMARTS) is 2. The number of hydrogen-bond acceptors (Lipinski definition) is 7. The van der Waals surface area contributed by atoms with Gasteiger partial charge in [0.2, 0.25) is 0 Å². The molecule has 8 bridgehead atoms. The minimum Gasteiger partial charge on any atom is -0.480 e. The summed E-state index contributed by atoms with van der Waals surface area (Å²) >= 11 is 4.79. The Morgan fingerprint density at radius 3 is 1.45 bits per heavy atom. The minimum absolute atomic E-state index is 0.0313. The molecule has 0 spiro atoms. The number of nitrogens with one attached hydrogen (secondary N) is 5. The van der Waals surface area contributed by atoms with Crippen molar-refractivity contribution in [3.63, 3.8) is 0 Å². The Kier molecular flexibility index (Phi) is 9.60. The fourth-order valence-corrected chi connectivity index (χ4v) is 10.3. The van der Waals surface area contributed by atoms with Gasteiger partial charge in [0.15, 0.2) is 34.9 Å². The van der Waals surface area contributed by atoms with Crippen molar-refractivity contribution in [3.8, 4) is 33.4 Å². The van der Waals surface area contributed by atoms with Gasteiger partial charge >= 0.3 is 11.9 Å². The Balaban J connectivity index is 1.33. The van der Waals surface area contributed by atoms with E-state index in [4.69, 9.17) is 0 Å². The first-order valence-electron chi connectivity index (χ1n) is 18.5. The number of anilines is 2. The van der Waals surface area contributed by atoms with Gasteiger partial charge in [-0.25, -0.2) is 40.9 Å². The number of benzene rings is 3. The first-order valence-corrected chi connectivity index (χ1v) is 21.3. The van der Waals surface area contributed by atoms with Crippen LogP contribution < -0.4 is 10.6 Å². The molecule has 0 radical (unpaired) electrons. The van der Waals surface area contributed by atoms with E-state index in [1.54, 1.807) is 36.4 Å². The largest absolute Gasteiger partial charge is 0.480 e. The second-order valence-electron chi connectivity index (χ2n) is 14.4. The van der Waals surface area contributed by atoms with E-state index in [-0.39, 0.29) is 56.1 Å². The molecule has 0 amide bonds. The summed E-state index contributed by atoms with van der Waals surface area (Å²) in [5, 5.41) is 24.4. The van der Waals surface area contributed by atoms with Crippen LogP contribution in [0.4, 0.5) is 37.7 Å². The molecule has 3 aromatic carbocycles. The average molecular weight is 948 g/mol. The molecule has 0 saturated carbocycles. The second-order valence-corrected chi connectivity index (χ2v) is 17.4. The van der Waals surface area contributed by atoms with Gasteiger partial charge < -0.3 is 35.8 Å². The highest BCUT2D eigenvalue weighted by atomic mass is 79.9. The lowest BCUT2D eigenvalue weighted by atomic mass is 10.0. The second kappa shape index (κ2) is 14.9. The monoisotopic (exact) mass is 946 g/mol. The van der Waals surface area contributed by atoms with E-state index >= 15 is 26.3 Å². The van der Waals surface area contributed by atoms with Crippen LogP contribution >= 0.6 is 39.5 Å². The Hall–Kier alpha value is -6.31. The lowest BCUT2D eigenvalue weighted by molar-refractivity contribution is -0.138. The third-order valence-corrected chi connectivity index (χ3v) is 13.7. The van der Waals surface area contributed by atoms with E-state index in [0.717, 1.165) is 4.47 Å². The van der Waals surface area contributed by atoms with Crippen molar-refractivity contribution < 1.29 is 46.1 Å². The molecule has 2 atom stereocenters. The summed E-state index contributed by atoms with van der Waals surface area (Å²) < 4.78 is 99.3. The fraction of sp³-hybridized carbons (Fsp3) is 0.0930. The number of carboxylic acids is 2. The van der Waals surface area contributed by atoms with E-state index in [1.165, 1.54) is 36.4 Å². The molecule has 10 rings (SSSR count). The van der Waals surface area contributed by atoms with Crippen molar-refractivity contribution in [2.45, 2.75) is 21.9 Å². The SMILES string of the molecule is O=C(O)C1CSc2c(F)c(F)c(-c3c4nc(c5ccc([nH]5)c(-c5c(F)c(F)c6c(c5F)NC(C(=O)O)CS6)c5ccc([nH]5)c(-c5ccc(Br)cc5)c5ccc3[nH]5)C=C4)c(F)c2N1. The van der Waals surface area contributed by atoms with E-state index in [1.807, 2.05) is 0 Å². The van der Waals surface area contributed by atoms with Crippen LogP contribution in [0.3, 0.4) is 0 Å². The summed E-state index contributed by atoms with van der Waals surface area (Å²) in [6, 6.07) is 13.8. The Labute approximate surface area is 361 Å². The zero-order valence-electron chi connectivity index (χ0n) is 31.1. The van der Waals surface area contributed by atoms with Gasteiger partial charge in [-0.05, 0) is 66.2 Å². The van der Waals surface area contributed by atoms with Crippen LogP contribution in [0.1, 0.15) is 11.4 Å². The average Bonchev–Trinajstić information content (AvgIpc) is 4.11. The third kappa shape index (κ3) is 6.31. The molecule has 3 aliphatic heterocycles. The number of hydrogen-bond donors (Lipinski definition) is 7. The van der Waals surface area contributed by atoms with Crippen molar-refractivity contribution in [2.75, 3.05) is 22.1 Å². The molecule has 3 aliphatic rings. The highest BCUT2D eigenvalue weighted by Gasteiger charge is 2.36. The minimum atomic E-state index is -1.53. The van der Waals surface area contributed by atoms with E-state index in [0.29, 0.717) is 45.7 Å². The molecule has 0 aliphatic carbocycles. The van der Waals surface area contributed by atoms with E-state index in [9.17, 15) is 19.8 Å². The molecule has 0 fully saturated rings.